The molecule has 1 saturated heterocycles. The molecule has 3 aromatic rings. The van der Waals surface area contributed by atoms with Crippen LogP contribution in [-0.4, -0.2) is 42.9 Å². The van der Waals surface area contributed by atoms with Crippen LogP contribution in [-0.2, 0) is 11.2 Å². The summed E-state index contributed by atoms with van der Waals surface area (Å²) >= 11 is 0. The highest BCUT2D eigenvalue weighted by atomic mass is 19.4. The lowest BCUT2D eigenvalue weighted by molar-refractivity contribution is -0.274. The second-order valence-electron chi connectivity index (χ2n) is 8.16. The zero-order chi connectivity index (χ0) is 24.0. The van der Waals surface area contributed by atoms with Crippen molar-refractivity contribution in [3.63, 3.8) is 0 Å². The van der Waals surface area contributed by atoms with Gasteiger partial charge in [-0.3, -0.25) is 9.78 Å². The highest BCUT2D eigenvalue weighted by Crippen LogP contribution is 2.33. The van der Waals surface area contributed by atoms with Gasteiger partial charge in [-0.15, -0.1) is 13.2 Å². The summed E-state index contributed by atoms with van der Waals surface area (Å²) in [6.45, 7) is 1.62. The predicted octanol–water partition coefficient (Wildman–Crippen LogP) is 4.26. The average molecular weight is 458 g/mol. The average Bonchev–Trinajstić information content (AvgIpc) is 2.95. The number of hydrogen-bond acceptors (Lipinski definition) is 5. The van der Waals surface area contributed by atoms with Gasteiger partial charge in [-0.1, -0.05) is 12.1 Å². The van der Waals surface area contributed by atoms with Gasteiger partial charge in [0.25, 0.3) is 5.91 Å². The fourth-order valence-corrected chi connectivity index (χ4v) is 3.95. The van der Waals surface area contributed by atoms with Crippen molar-refractivity contribution in [2.24, 2.45) is 0 Å². The maximum absolute atomic E-state index is 13.3. The second kappa shape index (κ2) is 7.95. The van der Waals surface area contributed by atoms with Crippen molar-refractivity contribution in [2.45, 2.75) is 25.2 Å². The summed E-state index contributed by atoms with van der Waals surface area (Å²) in [5.74, 6) is -0.952. The number of halogens is 3. The van der Waals surface area contributed by atoms with Gasteiger partial charge in [-0.05, 0) is 48.9 Å². The number of carbonyl (C=O) groups excluding carboxylic acids is 2. The van der Waals surface area contributed by atoms with E-state index < -0.39 is 29.6 Å². The normalized spacial score (nSPS) is 18.5. The minimum absolute atomic E-state index is 0.144. The molecular formula is C23H21F3N4O3. The number of hydrogen-bond donors (Lipinski definition) is 1. The van der Waals surface area contributed by atoms with Crippen molar-refractivity contribution in [2.75, 3.05) is 23.9 Å². The first-order valence-corrected chi connectivity index (χ1v) is 10.0. The van der Waals surface area contributed by atoms with Crippen LogP contribution in [0.2, 0.25) is 0 Å². The quantitative estimate of drug-likeness (QED) is 0.579. The molecule has 172 valence electrons. The van der Waals surface area contributed by atoms with Gasteiger partial charge in [0.15, 0.2) is 0 Å². The molecule has 0 bridgehead atoms. The van der Waals surface area contributed by atoms with Crippen molar-refractivity contribution in [1.29, 1.82) is 0 Å². The molecule has 1 aromatic heterocycles. The lowest BCUT2D eigenvalue weighted by Gasteiger charge is -2.23. The zero-order valence-electron chi connectivity index (χ0n) is 18.1. The smallest absolute Gasteiger partial charge is 0.406 e. The molecule has 33 heavy (non-hydrogen) atoms. The third-order valence-electron chi connectivity index (χ3n) is 5.46. The van der Waals surface area contributed by atoms with Crippen LogP contribution in [0.1, 0.15) is 12.5 Å². The molecule has 1 unspecified atom stereocenters. The Morgan fingerprint density at radius 2 is 1.79 bits per heavy atom. The van der Waals surface area contributed by atoms with Gasteiger partial charge in [0.2, 0.25) is 0 Å². The molecule has 2 heterocycles. The number of pyridine rings is 1. The van der Waals surface area contributed by atoms with Gasteiger partial charge in [0.1, 0.15) is 11.3 Å². The minimum atomic E-state index is -4.83. The summed E-state index contributed by atoms with van der Waals surface area (Å²) in [6.07, 6.45) is -2.97. The molecular weight excluding hydrogens is 437 g/mol. The first-order valence-electron chi connectivity index (χ1n) is 10.0. The highest BCUT2D eigenvalue weighted by molar-refractivity contribution is 6.23. The molecule has 2 aromatic carbocycles. The van der Waals surface area contributed by atoms with Gasteiger partial charge in [-0.2, -0.15) is 0 Å². The summed E-state index contributed by atoms with van der Waals surface area (Å²) in [7, 11) is 3.82. The number of nitrogens with zero attached hydrogens (tertiary/aromatic N) is 3. The first-order chi connectivity index (χ1) is 15.5. The fraction of sp³-hybridized carbons (Fsp3) is 0.261. The van der Waals surface area contributed by atoms with Crippen LogP contribution in [0.4, 0.5) is 29.3 Å². The Morgan fingerprint density at radius 3 is 2.42 bits per heavy atom. The van der Waals surface area contributed by atoms with E-state index >= 15 is 0 Å². The number of nitrogens with one attached hydrogen (secondary N) is 1. The van der Waals surface area contributed by atoms with Gasteiger partial charge in [0.05, 0.1) is 16.9 Å². The summed E-state index contributed by atoms with van der Waals surface area (Å²) in [6, 6.07) is 11.5. The standard InChI is InChI=1S/C23H21F3N4O3/c1-22(13-14-11-12-27-19-17(14)5-4-6-18(19)29(2)3)20(31)30(21(32)28-22)15-7-9-16(10-8-15)33-23(24,25)26/h4-12H,13H2,1-3H3,(H,28,32). The number of alkyl halides is 3. The summed E-state index contributed by atoms with van der Waals surface area (Å²) in [4.78, 5) is 33.3. The molecule has 1 N–H and O–H groups in total. The molecule has 0 radical (unpaired) electrons. The molecule has 0 aliphatic carbocycles. The van der Waals surface area contributed by atoms with E-state index in [9.17, 15) is 22.8 Å². The molecule has 7 nitrogen and oxygen atoms in total. The summed E-state index contributed by atoms with van der Waals surface area (Å²) in [5.41, 5.74) is 1.42. The lowest BCUT2D eigenvalue weighted by atomic mass is 9.91. The van der Waals surface area contributed by atoms with Gasteiger partial charge in [-0.25, -0.2) is 9.69 Å². The number of imide groups is 1. The third-order valence-corrected chi connectivity index (χ3v) is 5.46. The highest BCUT2D eigenvalue weighted by Gasteiger charge is 2.48. The number of para-hydroxylation sites is 1. The van der Waals surface area contributed by atoms with E-state index in [4.69, 9.17) is 0 Å². The van der Waals surface area contributed by atoms with Gasteiger partial charge >= 0.3 is 12.4 Å². The molecule has 10 heteroatoms. The molecule has 0 spiro atoms. The maximum Gasteiger partial charge on any atom is 0.573 e. The number of rotatable bonds is 5. The Hall–Kier alpha value is -3.82. The fourth-order valence-electron chi connectivity index (χ4n) is 3.95. The Bertz CT molecular complexity index is 1230. The Morgan fingerprint density at radius 1 is 1.09 bits per heavy atom. The van der Waals surface area contributed by atoms with Crippen LogP contribution in [0.5, 0.6) is 5.75 Å². The molecule has 4 rings (SSSR count). The number of anilines is 2. The van der Waals surface area contributed by atoms with Crippen LogP contribution in [0.25, 0.3) is 10.9 Å². The number of aromatic nitrogens is 1. The number of carbonyl (C=O) groups is 2. The van der Waals surface area contributed by atoms with Crippen LogP contribution in [0.15, 0.2) is 54.7 Å². The van der Waals surface area contributed by atoms with Gasteiger partial charge in [0, 0.05) is 32.1 Å². The number of fused-ring (bicyclic) bond motifs is 1. The van der Waals surface area contributed by atoms with E-state index in [1.807, 2.05) is 37.2 Å². The third kappa shape index (κ3) is 4.28. The zero-order valence-corrected chi connectivity index (χ0v) is 18.1. The largest absolute Gasteiger partial charge is 0.573 e. The van der Waals surface area contributed by atoms with Gasteiger partial charge < -0.3 is 15.0 Å². The van der Waals surface area contributed by atoms with E-state index in [-0.39, 0.29) is 12.1 Å². The Kier molecular flexibility index (Phi) is 5.39. The number of amides is 3. The molecule has 1 aliphatic heterocycles. The molecule has 3 amide bonds. The Labute approximate surface area is 187 Å². The van der Waals surface area contributed by atoms with E-state index in [0.717, 1.165) is 39.2 Å². The molecule has 1 atom stereocenters. The van der Waals surface area contributed by atoms with E-state index in [1.165, 1.54) is 12.1 Å². The number of urea groups is 1. The van der Waals surface area contributed by atoms with Crippen molar-refractivity contribution in [3.8, 4) is 5.75 Å². The summed E-state index contributed by atoms with van der Waals surface area (Å²) < 4.78 is 41.0. The summed E-state index contributed by atoms with van der Waals surface area (Å²) in [5, 5.41) is 3.59. The van der Waals surface area contributed by atoms with Crippen LogP contribution in [0.3, 0.4) is 0 Å². The number of benzene rings is 2. The SMILES string of the molecule is CN(C)c1cccc2c(CC3(C)NC(=O)N(c4ccc(OC(F)(F)F)cc4)C3=O)ccnc12. The monoisotopic (exact) mass is 458 g/mol. The molecule has 1 fully saturated rings. The topological polar surface area (TPSA) is 74.8 Å². The van der Waals surface area contributed by atoms with E-state index in [0.29, 0.717) is 0 Å². The van der Waals surface area contributed by atoms with Crippen LogP contribution < -0.4 is 19.9 Å². The van der Waals surface area contributed by atoms with Crippen molar-refractivity contribution >= 4 is 34.2 Å². The van der Waals surface area contributed by atoms with Crippen molar-refractivity contribution in [3.05, 3.63) is 60.3 Å². The molecule has 0 saturated carbocycles. The van der Waals surface area contributed by atoms with Crippen molar-refractivity contribution < 1.29 is 27.5 Å². The first kappa shape index (κ1) is 22.4. The van der Waals surface area contributed by atoms with Crippen LogP contribution >= 0.6 is 0 Å². The van der Waals surface area contributed by atoms with E-state index in [1.54, 1.807) is 19.2 Å². The van der Waals surface area contributed by atoms with Crippen LogP contribution in [0, 0.1) is 0 Å². The molecule has 1 aliphatic rings. The number of ether oxygens (including phenoxy) is 1. The maximum atomic E-state index is 13.3. The lowest BCUT2D eigenvalue weighted by Crippen LogP contribution is -2.46. The predicted molar refractivity (Wildman–Crippen MR) is 117 cm³/mol. The van der Waals surface area contributed by atoms with Crippen molar-refractivity contribution in [1.82, 2.24) is 10.3 Å². The minimum Gasteiger partial charge on any atom is -0.406 e. The van der Waals surface area contributed by atoms with E-state index in [2.05, 4.69) is 15.0 Å². The Balaban J connectivity index is 1.63. The second-order valence-corrected chi connectivity index (χ2v) is 8.16.